The molecule has 0 fully saturated rings. The Morgan fingerprint density at radius 3 is 2.40 bits per heavy atom. The standard InChI is InChI=1S/C19H13FN2O3/c1-10-18(22(24)25)15(13-8-4-5-9-14(13)20)16-17(21-10)11-6-2-3-7-12(11)19(16)23/h2-9,15,18H,1H3/t15-,18?/m1/s1. The maximum absolute atomic E-state index is 14.5. The number of carbonyl (C=O) groups is 1. The first-order valence-corrected chi connectivity index (χ1v) is 7.82. The highest BCUT2D eigenvalue weighted by molar-refractivity contribution is 6.23. The highest BCUT2D eigenvalue weighted by atomic mass is 19.1. The molecule has 1 unspecified atom stereocenters. The minimum Gasteiger partial charge on any atom is -0.289 e. The van der Waals surface area contributed by atoms with E-state index in [2.05, 4.69) is 4.99 Å². The van der Waals surface area contributed by atoms with Crippen LogP contribution in [0.5, 0.6) is 0 Å². The van der Waals surface area contributed by atoms with Gasteiger partial charge in [-0.2, -0.15) is 0 Å². The molecule has 0 spiro atoms. The lowest BCUT2D eigenvalue weighted by Crippen LogP contribution is -2.39. The molecular weight excluding hydrogens is 323 g/mol. The Hall–Kier alpha value is -3.15. The van der Waals surface area contributed by atoms with Gasteiger partial charge in [0.05, 0.1) is 17.3 Å². The van der Waals surface area contributed by atoms with Crippen molar-refractivity contribution in [3.8, 4) is 0 Å². The molecule has 1 aliphatic carbocycles. The molecule has 0 bridgehead atoms. The van der Waals surface area contributed by atoms with E-state index in [4.69, 9.17) is 0 Å². The van der Waals surface area contributed by atoms with Crippen LogP contribution in [-0.2, 0) is 0 Å². The van der Waals surface area contributed by atoms with Crippen LogP contribution in [-0.4, -0.2) is 22.5 Å². The van der Waals surface area contributed by atoms with Gasteiger partial charge in [-0.3, -0.25) is 14.9 Å². The number of carbonyl (C=O) groups excluding carboxylic acids is 1. The lowest BCUT2D eigenvalue weighted by atomic mass is 9.79. The third kappa shape index (κ3) is 2.14. The zero-order valence-electron chi connectivity index (χ0n) is 13.3. The monoisotopic (exact) mass is 336 g/mol. The molecule has 1 heterocycles. The molecule has 0 N–H and O–H groups in total. The number of hydrogen-bond donors (Lipinski definition) is 0. The third-order valence-electron chi connectivity index (χ3n) is 4.74. The van der Waals surface area contributed by atoms with Gasteiger partial charge < -0.3 is 0 Å². The number of nitrogens with zero attached hydrogens (tertiary/aromatic N) is 2. The van der Waals surface area contributed by atoms with E-state index >= 15 is 0 Å². The van der Waals surface area contributed by atoms with E-state index in [9.17, 15) is 19.3 Å². The predicted molar refractivity (Wildman–Crippen MR) is 90.7 cm³/mol. The summed E-state index contributed by atoms with van der Waals surface area (Å²) in [6.45, 7) is 1.55. The average molecular weight is 336 g/mol. The molecule has 0 saturated heterocycles. The summed E-state index contributed by atoms with van der Waals surface area (Å²) in [6.07, 6.45) is 0. The Balaban J connectivity index is 2.00. The smallest absolute Gasteiger partial charge is 0.261 e. The number of aliphatic imine (C=N–C) groups is 1. The van der Waals surface area contributed by atoms with Crippen LogP contribution >= 0.6 is 0 Å². The molecule has 0 aromatic heterocycles. The van der Waals surface area contributed by atoms with Crippen LogP contribution < -0.4 is 0 Å². The fourth-order valence-corrected chi connectivity index (χ4v) is 3.66. The maximum atomic E-state index is 14.5. The number of hydrogen-bond acceptors (Lipinski definition) is 4. The van der Waals surface area contributed by atoms with Crippen LogP contribution in [0.1, 0.15) is 34.3 Å². The predicted octanol–water partition coefficient (Wildman–Crippen LogP) is 3.64. The molecule has 6 heteroatoms. The van der Waals surface area contributed by atoms with Gasteiger partial charge in [0.25, 0.3) is 6.04 Å². The Kier molecular flexibility index (Phi) is 3.35. The molecule has 2 aromatic carbocycles. The van der Waals surface area contributed by atoms with Gasteiger partial charge in [0.15, 0.2) is 5.78 Å². The van der Waals surface area contributed by atoms with Gasteiger partial charge in [0.1, 0.15) is 5.82 Å². The van der Waals surface area contributed by atoms with Crippen LogP contribution in [0.25, 0.3) is 5.70 Å². The van der Waals surface area contributed by atoms with Crippen molar-refractivity contribution in [1.29, 1.82) is 0 Å². The largest absolute Gasteiger partial charge is 0.289 e. The summed E-state index contributed by atoms with van der Waals surface area (Å²) in [5, 5.41) is 11.7. The average Bonchev–Trinajstić information content (AvgIpc) is 2.87. The highest BCUT2D eigenvalue weighted by Crippen LogP contribution is 2.46. The molecule has 4 rings (SSSR count). The molecule has 2 atom stereocenters. The van der Waals surface area contributed by atoms with Crippen molar-refractivity contribution in [2.45, 2.75) is 18.9 Å². The van der Waals surface area contributed by atoms with E-state index in [1.54, 1.807) is 37.3 Å². The topological polar surface area (TPSA) is 72.6 Å². The van der Waals surface area contributed by atoms with E-state index < -0.39 is 22.7 Å². The molecule has 0 radical (unpaired) electrons. The lowest BCUT2D eigenvalue weighted by Gasteiger charge is -2.26. The fourth-order valence-electron chi connectivity index (χ4n) is 3.66. The third-order valence-corrected chi connectivity index (χ3v) is 4.74. The summed E-state index contributed by atoms with van der Waals surface area (Å²) in [7, 11) is 0. The van der Waals surface area contributed by atoms with Crippen molar-refractivity contribution >= 4 is 17.2 Å². The zero-order valence-corrected chi connectivity index (χ0v) is 13.3. The second-order valence-electron chi connectivity index (χ2n) is 6.12. The number of Topliss-reactive ketones (excluding diaryl/α,β-unsaturated/α-hetero) is 1. The number of ketones is 1. The van der Waals surface area contributed by atoms with E-state index in [1.807, 2.05) is 0 Å². The molecule has 124 valence electrons. The van der Waals surface area contributed by atoms with Crippen LogP contribution in [0, 0.1) is 15.9 Å². The van der Waals surface area contributed by atoms with Gasteiger partial charge in [0.2, 0.25) is 0 Å². The van der Waals surface area contributed by atoms with Gasteiger partial charge in [-0.25, -0.2) is 9.38 Å². The van der Waals surface area contributed by atoms with Gasteiger partial charge in [-0.15, -0.1) is 0 Å². The minimum atomic E-state index is -1.27. The van der Waals surface area contributed by atoms with E-state index in [0.29, 0.717) is 16.8 Å². The normalized spacial score (nSPS) is 21.7. The summed E-state index contributed by atoms with van der Waals surface area (Å²) < 4.78 is 14.5. The second-order valence-corrected chi connectivity index (χ2v) is 6.12. The zero-order chi connectivity index (χ0) is 17.7. The first kappa shape index (κ1) is 15.4. The summed E-state index contributed by atoms with van der Waals surface area (Å²) in [6, 6.07) is 11.6. The molecule has 25 heavy (non-hydrogen) atoms. The molecule has 1 aliphatic heterocycles. The van der Waals surface area contributed by atoms with Gasteiger partial charge in [-0.05, 0) is 13.0 Å². The maximum Gasteiger partial charge on any atom is 0.261 e. The first-order chi connectivity index (χ1) is 12.0. The van der Waals surface area contributed by atoms with Crippen molar-refractivity contribution in [3.05, 3.63) is 86.7 Å². The molecule has 0 saturated carbocycles. The Bertz CT molecular complexity index is 994. The number of halogens is 1. The summed E-state index contributed by atoms with van der Waals surface area (Å²) in [4.78, 5) is 28.5. The quantitative estimate of drug-likeness (QED) is 0.621. The lowest BCUT2D eigenvalue weighted by molar-refractivity contribution is -0.505. The molecule has 2 aromatic rings. The van der Waals surface area contributed by atoms with Crippen molar-refractivity contribution in [1.82, 2.24) is 0 Å². The Labute approximate surface area is 142 Å². The fraction of sp³-hybridized carbons (Fsp3) is 0.158. The van der Waals surface area contributed by atoms with Crippen LogP contribution in [0.3, 0.4) is 0 Å². The minimum absolute atomic E-state index is 0.145. The van der Waals surface area contributed by atoms with Crippen molar-refractivity contribution < 1.29 is 14.1 Å². The van der Waals surface area contributed by atoms with E-state index in [1.165, 1.54) is 18.2 Å². The summed E-state index contributed by atoms with van der Waals surface area (Å²) in [5.41, 5.74) is 2.14. The van der Waals surface area contributed by atoms with Gasteiger partial charge in [-0.1, -0.05) is 42.5 Å². The van der Waals surface area contributed by atoms with Crippen LogP contribution in [0.4, 0.5) is 4.39 Å². The molecule has 0 amide bonds. The van der Waals surface area contributed by atoms with Crippen molar-refractivity contribution in [2.75, 3.05) is 0 Å². The first-order valence-electron chi connectivity index (χ1n) is 7.82. The van der Waals surface area contributed by atoms with Crippen LogP contribution in [0.15, 0.2) is 59.1 Å². The number of benzene rings is 2. The second kappa shape index (κ2) is 5.44. The van der Waals surface area contributed by atoms with Crippen molar-refractivity contribution in [2.24, 2.45) is 4.99 Å². The summed E-state index contributed by atoms with van der Waals surface area (Å²) in [5.74, 6) is -1.88. The summed E-state index contributed by atoms with van der Waals surface area (Å²) >= 11 is 0. The highest BCUT2D eigenvalue weighted by Gasteiger charge is 2.48. The molecular formula is C19H13FN2O3. The van der Waals surface area contributed by atoms with Crippen molar-refractivity contribution in [3.63, 3.8) is 0 Å². The number of nitro groups is 1. The van der Waals surface area contributed by atoms with Gasteiger partial charge >= 0.3 is 0 Å². The SMILES string of the molecule is CC1=NC2=C(C(=O)c3ccccc32)[C@@H](c2ccccc2F)C1[N+](=O)[O-]. The molecule has 5 nitrogen and oxygen atoms in total. The Morgan fingerprint density at radius 2 is 1.72 bits per heavy atom. The van der Waals surface area contributed by atoms with E-state index in [-0.39, 0.29) is 22.6 Å². The number of rotatable bonds is 2. The molecule has 2 aliphatic rings. The number of fused-ring (bicyclic) bond motifs is 2. The Morgan fingerprint density at radius 1 is 1.08 bits per heavy atom. The van der Waals surface area contributed by atoms with Gasteiger partial charge in [0, 0.05) is 27.2 Å². The van der Waals surface area contributed by atoms with Crippen LogP contribution in [0.2, 0.25) is 0 Å². The van der Waals surface area contributed by atoms with E-state index in [0.717, 1.165) is 0 Å².